The number of carbonyl (C=O) groups excluding carboxylic acids is 1. The fourth-order valence-electron chi connectivity index (χ4n) is 2.88. The minimum Gasteiger partial charge on any atom is -0.341 e. The van der Waals surface area contributed by atoms with E-state index in [4.69, 9.17) is 11.6 Å². The van der Waals surface area contributed by atoms with E-state index in [9.17, 15) is 4.79 Å². The molecule has 0 N–H and O–H groups in total. The van der Waals surface area contributed by atoms with Crippen LogP contribution in [0.1, 0.15) is 27.2 Å². The van der Waals surface area contributed by atoms with Crippen LogP contribution in [0.3, 0.4) is 0 Å². The third kappa shape index (κ3) is 3.92. The number of hydrogen-bond donors (Lipinski definition) is 0. The molecule has 1 saturated heterocycles. The van der Waals surface area contributed by atoms with Gasteiger partial charge < -0.3 is 4.90 Å². The Bertz CT molecular complexity index is 469. The Balaban J connectivity index is 2.00. The minimum atomic E-state index is -0.0904. The van der Waals surface area contributed by atoms with Crippen molar-refractivity contribution in [3.05, 3.63) is 29.3 Å². The molecule has 1 aromatic rings. The maximum absolute atomic E-state index is 12.6. The molecule has 1 aromatic carbocycles. The molecule has 2 nitrogen and oxygen atoms in total. The van der Waals surface area contributed by atoms with E-state index in [2.05, 4.69) is 13.8 Å². The molecule has 20 heavy (non-hydrogen) atoms. The van der Waals surface area contributed by atoms with Crippen molar-refractivity contribution in [1.82, 2.24) is 4.90 Å². The molecular weight excluding hydrogens is 290 g/mol. The molecular formula is C16H22ClNOS. The third-order valence-electron chi connectivity index (χ3n) is 3.67. The summed E-state index contributed by atoms with van der Waals surface area (Å²) in [4.78, 5) is 15.6. The van der Waals surface area contributed by atoms with Gasteiger partial charge in [0.05, 0.1) is 10.3 Å². The molecule has 2 rings (SSSR count). The van der Waals surface area contributed by atoms with Gasteiger partial charge in [-0.3, -0.25) is 4.79 Å². The van der Waals surface area contributed by atoms with Gasteiger partial charge in [0.15, 0.2) is 0 Å². The van der Waals surface area contributed by atoms with Gasteiger partial charge in [0.2, 0.25) is 5.91 Å². The van der Waals surface area contributed by atoms with Gasteiger partial charge in [-0.25, -0.2) is 0 Å². The van der Waals surface area contributed by atoms with Gasteiger partial charge >= 0.3 is 0 Å². The molecule has 1 heterocycles. The van der Waals surface area contributed by atoms with E-state index >= 15 is 0 Å². The largest absolute Gasteiger partial charge is 0.341 e. The zero-order valence-corrected chi connectivity index (χ0v) is 13.9. The van der Waals surface area contributed by atoms with Crippen molar-refractivity contribution in [2.75, 3.05) is 13.1 Å². The number of carbonyl (C=O) groups is 1. The Labute approximate surface area is 130 Å². The maximum Gasteiger partial charge on any atom is 0.235 e. The molecule has 3 atom stereocenters. The van der Waals surface area contributed by atoms with Gasteiger partial charge in [-0.15, -0.1) is 11.8 Å². The lowest BCUT2D eigenvalue weighted by molar-refractivity contribution is -0.132. The van der Waals surface area contributed by atoms with Crippen molar-refractivity contribution in [2.45, 2.75) is 37.3 Å². The fraction of sp³-hybridized carbons (Fsp3) is 0.562. The van der Waals surface area contributed by atoms with Crippen LogP contribution >= 0.6 is 23.4 Å². The van der Waals surface area contributed by atoms with Crippen LogP contribution < -0.4 is 0 Å². The van der Waals surface area contributed by atoms with Crippen LogP contribution in [0, 0.1) is 11.8 Å². The molecule has 0 spiro atoms. The number of thioether (sulfide) groups is 1. The maximum atomic E-state index is 12.6. The first-order valence-electron chi connectivity index (χ1n) is 7.17. The lowest BCUT2D eigenvalue weighted by Gasteiger charge is -2.36. The first kappa shape index (κ1) is 15.7. The van der Waals surface area contributed by atoms with Gasteiger partial charge in [0, 0.05) is 18.0 Å². The van der Waals surface area contributed by atoms with Gasteiger partial charge in [0.25, 0.3) is 0 Å². The number of benzene rings is 1. The summed E-state index contributed by atoms with van der Waals surface area (Å²) in [5.41, 5.74) is 0. The Morgan fingerprint density at radius 1 is 1.30 bits per heavy atom. The van der Waals surface area contributed by atoms with Crippen LogP contribution in [0.15, 0.2) is 29.2 Å². The second kappa shape index (κ2) is 6.86. The highest BCUT2D eigenvalue weighted by Gasteiger charge is 2.28. The molecule has 0 aromatic heterocycles. The molecule has 1 fully saturated rings. The summed E-state index contributed by atoms with van der Waals surface area (Å²) in [5.74, 6) is 1.42. The van der Waals surface area contributed by atoms with Crippen molar-refractivity contribution < 1.29 is 4.79 Å². The molecule has 110 valence electrons. The second-order valence-electron chi connectivity index (χ2n) is 5.88. The molecule has 3 unspecified atom stereocenters. The number of likely N-dealkylation sites (tertiary alicyclic amines) is 1. The van der Waals surface area contributed by atoms with E-state index < -0.39 is 0 Å². The van der Waals surface area contributed by atoms with Gasteiger partial charge in [-0.1, -0.05) is 37.6 Å². The zero-order chi connectivity index (χ0) is 14.7. The molecule has 1 aliphatic rings. The standard InChI is InChI=1S/C16H22ClNOS/c1-11-8-12(2)10-18(9-11)16(19)13(3)20-15-7-5-4-6-14(15)17/h4-7,11-13H,8-10H2,1-3H3. The Morgan fingerprint density at radius 2 is 1.90 bits per heavy atom. The summed E-state index contributed by atoms with van der Waals surface area (Å²) < 4.78 is 0. The number of rotatable bonds is 3. The smallest absolute Gasteiger partial charge is 0.235 e. The molecule has 0 aliphatic carbocycles. The van der Waals surface area contributed by atoms with Crippen molar-refractivity contribution in [3.8, 4) is 0 Å². The summed E-state index contributed by atoms with van der Waals surface area (Å²) in [6, 6.07) is 7.70. The average Bonchev–Trinajstić information content (AvgIpc) is 2.39. The number of halogens is 1. The van der Waals surface area contributed by atoms with E-state index in [1.54, 1.807) is 11.8 Å². The second-order valence-corrected chi connectivity index (χ2v) is 7.67. The Kier molecular flexibility index (Phi) is 5.39. The van der Waals surface area contributed by atoms with Crippen LogP contribution in [0.2, 0.25) is 5.02 Å². The highest BCUT2D eigenvalue weighted by Crippen LogP contribution is 2.31. The number of nitrogens with zero attached hydrogens (tertiary/aromatic N) is 1. The molecule has 0 bridgehead atoms. The van der Waals surface area contributed by atoms with Gasteiger partial charge in [-0.2, -0.15) is 0 Å². The van der Waals surface area contributed by atoms with Crippen LogP contribution in [0.4, 0.5) is 0 Å². The van der Waals surface area contributed by atoms with Crippen molar-refractivity contribution >= 4 is 29.3 Å². The number of amides is 1. The lowest BCUT2D eigenvalue weighted by atomic mass is 9.92. The molecule has 4 heteroatoms. The molecule has 1 amide bonds. The Hall–Kier alpha value is -0.670. The summed E-state index contributed by atoms with van der Waals surface area (Å²) in [7, 11) is 0. The highest BCUT2D eigenvalue weighted by atomic mass is 35.5. The number of hydrogen-bond acceptors (Lipinski definition) is 2. The highest BCUT2D eigenvalue weighted by molar-refractivity contribution is 8.00. The van der Waals surface area contributed by atoms with E-state index in [1.165, 1.54) is 6.42 Å². The topological polar surface area (TPSA) is 20.3 Å². The van der Waals surface area contributed by atoms with Crippen molar-refractivity contribution in [2.24, 2.45) is 11.8 Å². The SMILES string of the molecule is CC1CC(C)CN(C(=O)C(C)Sc2ccccc2Cl)C1. The van der Waals surface area contributed by atoms with Crippen molar-refractivity contribution in [1.29, 1.82) is 0 Å². The first-order valence-corrected chi connectivity index (χ1v) is 8.43. The normalized spacial score (nSPS) is 24.5. The summed E-state index contributed by atoms with van der Waals surface area (Å²) in [5, 5.41) is 0.630. The van der Waals surface area contributed by atoms with Gasteiger partial charge in [-0.05, 0) is 37.3 Å². The molecule has 0 saturated carbocycles. The Morgan fingerprint density at radius 3 is 2.50 bits per heavy atom. The van der Waals surface area contributed by atoms with E-state index in [1.807, 2.05) is 36.1 Å². The van der Waals surface area contributed by atoms with Crippen LogP contribution in [0.5, 0.6) is 0 Å². The summed E-state index contributed by atoms with van der Waals surface area (Å²) in [6.07, 6.45) is 1.22. The molecule has 0 radical (unpaired) electrons. The monoisotopic (exact) mass is 311 g/mol. The van der Waals surface area contributed by atoms with E-state index in [-0.39, 0.29) is 11.2 Å². The average molecular weight is 312 g/mol. The predicted molar refractivity (Wildman–Crippen MR) is 86.3 cm³/mol. The third-order valence-corrected chi connectivity index (χ3v) is 5.28. The predicted octanol–water partition coefficient (Wildman–Crippen LogP) is 4.33. The van der Waals surface area contributed by atoms with Gasteiger partial charge in [0.1, 0.15) is 0 Å². The molecule has 1 aliphatic heterocycles. The quantitative estimate of drug-likeness (QED) is 0.775. The van der Waals surface area contributed by atoms with Crippen LogP contribution in [-0.4, -0.2) is 29.1 Å². The van der Waals surface area contributed by atoms with E-state index in [0.29, 0.717) is 11.8 Å². The fourth-order valence-corrected chi connectivity index (χ4v) is 4.12. The number of piperidine rings is 1. The first-order chi connectivity index (χ1) is 9.47. The minimum absolute atomic E-state index is 0.0904. The zero-order valence-electron chi connectivity index (χ0n) is 12.3. The van der Waals surface area contributed by atoms with E-state index in [0.717, 1.165) is 23.0 Å². The van der Waals surface area contributed by atoms with Crippen molar-refractivity contribution in [3.63, 3.8) is 0 Å². The summed E-state index contributed by atoms with van der Waals surface area (Å²) >= 11 is 7.71. The van der Waals surface area contributed by atoms with Crippen LogP contribution in [-0.2, 0) is 4.79 Å². The summed E-state index contributed by atoms with van der Waals surface area (Å²) in [6.45, 7) is 8.19. The van der Waals surface area contributed by atoms with Crippen LogP contribution in [0.25, 0.3) is 0 Å². The lowest BCUT2D eigenvalue weighted by Crippen LogP contribution is -2.45.